The van der Waals surface area contributed by atoms with Crippen LogP contribution in [0.25, 0.3) is 10.4 Å². The highest BCUT2D eigenvalue weighted by Crippen LogP contribution is 2.21. The fraction of sp³-hybridized carbons (Fsp3) is 1.00. The molecule has 0 bridgehead atoms. The standard InChI is InChI=1S/C6H11N3O5/c7-9-8-3-5(12)4(11)2(1-10)14-6(3)13/h2-6,10-13H,1H2. The quantitative estimate of drug-likeness (QED) is 0.237. The molecule has 0 spiro atoms. The van der Waals surface area contributed by atoms with Gasteiger partial charge in [0.15, 0.2) is 6.29 Å². The average Bonchev–Trinajstić information content (AvgIpc) is 2.18. The van der Waals surface area contributed by atoms with Gasteiger partial charge in [0.1, 0.15) is 18.2 Å². The van der Waals surface area contributed by atoms with Crippen LogP contribution in [-0.2, 0) is 4.74 Å². The van der Waals surface area contributed by atoms with E-state index in [2.05, 4.69) is 10.0 Å². The molecular weight excluding hydrogens is 194 g/mol. The SMILES string of the molecule is [N-]=[N+]=NC1C(O)OC(CO)C(O)C1O. The van der Waals surface area contributed by atoms with Crippen LogP contribution in [0.5, 0.6) is 0 Å². The summed E-state index contributed by atoms with van der Waals surface area (Å²) in [4.78, 5) is 2.40. The zero-order valence-corrected chi connectivity index (χ0v) is 7.13. The summed E-state index contributed by atoms with van der Waals surface area (Å²) < 4.78 is 4.71. The first-order valence-corrected chi connectivity index (χ1v) is 3.96. The molecule has 0 aromatic carbocycles. The van der Waals surface area contributed by atoms with Gasteiger partial charge in [-0.1, -0.05) is 5.11 Å². The molecule has 1 aliphatic rings. The normalized spacial score (nSPS) is 43.0. The van der Waals surface area contributed by atoms with Gasteiger partial charge in [-0.05, 0) is 5.53 Å². The van der Waals surface area contributed by atoms with E-state index in [4.69, 9.17) is 15.4 Å². The number of hydrogen-bond donors (Lipinski definition) is 4. The molecule has 0 saturated carbocycles. The van der Waals surface area contributed by atoms with Crippen LogP contribution < -0.4 is 0 Å². The van der Waals surface area contributed by atoms with E-state index in [0.29, 0.717) is 0 Å². The Labute approximate surface area is 79.0 Å². The van der Waals surface area contributed by atoms with Gasteiger partial charge in [0.25, 0.3) is 0 Å². The van der Waals surface area contributed by atoms with Crippen LogP contribution >= 0.6 is 0 Å². The molecule has 0 aromatic heterocycles. The third-order valence-corrected chi connectivity index (χ3v) is 2.05. The van der Waals surface area contributed by atoms with Crippen molar-refractivity contribution in [3.05, 3.63) is 10.4 Å². The highest BCUT2D eigenvalue weighted by Gasteiger charge is 2.43. The lowest BCUT2D eigenvalue weighted by Crippen LogP contribution is -2.57. The molecule has 1 saturated heterocycles. The molecule has 1 fully saturated rings. The van der Waals surface area contributed by atoms with E-state index in [1.165, 1.54) is 0 Å². The van der Waals surface area contributed by atoms with Crippen LogP contribution in [0.3, 0.4) is 0 Å². The molecule has 14 heavy (non-hydrogen) atoms. The van der Waals surface area contributed by atoms with Gasteiger partial charge in [0.05, 0.1) is 12.7 Å². The Kier molecular flexibility index (Phi) is 3.64. The van der Waals surface area contributed by atoms with E-state index in [0.717, 1.165) is 0 Å². The highest BCUT2D eigenvalue weighted by atomic mass is 16.6. The second-order valence-electron chi connectivity index (χ2n) is 2.92. The molecule has 0 aromatic rings. The van der Waals surface area contributed by atoms with Crippen molar-refractivity contribution in [3.8, 4) is 0 Å². The molecule has 1 heterocycles. The van der Waals surface area contributed by atoms with Crippen LogP contribution in [0, 0.1) is 0 Å². The molecule has 80 valence electrons. The molecule has 0 amide bonds. The number of nitrogens with zero attached hydrogens (tertiary/aromatic N) is 3. The minimum atomic E-state index is -1.53. The zero-order chi connectivity index (χ0) is 10.7. The number of ether oxygens (including phenoxy) is 1. The summed E-state index contributed by atoms with van der Waals surface area (Å²) in [6, 6.07) is -1.27. The third-order valence-electron chi connectivity index (χ3n) is 2.05. The number of aliphatic hydroxyl groups is 4. The second kappa shape index (κ2) is 4.56. The Morgan fingerprint density at radius 2 is 1.93 bits per heavy atom. The van der Waals surface area contributed by atoms with Crippen LogP contribution in [0.15, 0.2) is 5.11 Å². The summed E-state index contributed by atoms with van der Waals surface area (Å²) in [6.45, 7) is -0.543. The van der Waals surface area contributed by atoms with E-state index in [1.807, 2.05) is 0 Å². The van der Waals surface area contributed by atoms with Crippen LogP contribution in [0.2, 0.25) is 0 Å². The van der Waals surface area contributed by atoms with Gasteiger partial charge in [-0.2, -0.15) is 0 Å². The predicted octanol–water partition coefficient (Wildman–Crippen LogP) is -1.90. The lowest BCUT2D eigenvalue weighted by Gasteiger charge is -2.37. The minimum absolute atomic E-state index is 0.543. The Morgan fingerprint density at radius 3 is 2.43 bits per heavy atom. The lowest BCUT2D eigenvalue weighted by atomic mass is 9.98. The van der Waals surface area contributed by atoms with E-state index in [1.54, 1.807) is 0 Å². The van der Waals surface area contributed by atoms with Crippen LogP contribution in [-0.4, -0.2) is 57.7 Å². The van der Waals surface area contributed by atoms with Crippen molar-refractivity contribution in [1.29, 1.82) is 0 Å². The van der Waals surface area contributed by atoms with Gasteiger partial charge in [-0.15, -0.1) is 0 Å². The number of hydrogen-bond acceptors (Lipinski definition) is 6. The summed E-state index contributed by atoms with van der Waals surface area (Å²) in [5.41, 5.74) is 8.11. The molecule has 5 atom stereocenters. The third kappa shape index (κ3) is 1.95. The van der Waals surface area contributed by atoms with Crippen molar-refractivity contribution >= 4 is 0 Å². The number of azide groups is 1. The van der Waals surface area contributed by atoms with Crippen molar-refractivity contribution in [2.75, 3.05) is 6.61 Å². The zero-order valence-electron chi connectivity index (χ0n) is 7.13. The first-order chi connectivity index (χ1) is 6.61. The maximum atomic E-state index is 9.37. The summed E-state index contributed by atoms with van der Waals surface area (Å²) in [5, 5.41) is 39.7. The molecule has 8 heteroatoms. The summed E-state index contributed by atoms with van der Waals surface area (Å²) in [7, 11) is 0. The highest BCUT2D eigenvalue weighted by molar-refractivity contribution is 4.92. The molecule has 0 aliphatic carbocycles. The smallest absolute Gasteiger partial charge is 0.166 e. The molecule has 1 rings (SSSR count). The molecule has 5 unspecified atom stereocenters. The van der Waals surface area contributed by atoms with Gasteiger partial charge in [-0.25, -0.2) is 0 Å². The Morgan fingerprint density at radius 1 is 1.29 bits per heavy atom. The monoisotopic (exact) mass is 205 g/mol. The van der Waals surface area contributed by atoms with Gasteiger partial charge < -0.3 is 25.2 Å². The van der Waals surface area contributed by atoms with E-state index in [9.17, 15) is 15.3 Å². The molecule has 4 N–H and O–H groups in total. The molecule has 8 nitrogen and oxygen atoms in total. The van der Waals surface area contributed by atoms with Crippen molar-refractivity contribution < 1.29 is 25.2 Å². The largest absolute Gasteiger partial charge is 0.394 e. The maximum absolute atomic E-state index is 9.37. The first-order valence-electron chi connectivity index (χ1n) is 3.96. The Balaban J connectivity index is 2.78. The van der Waals surface area contributed by atoms with Crippen LogP contribution in [0.1, 0.15) is 0 Å². The fourth-order valence-electron chi connectivity index (χ4n) is 1.27. The maximum Gasteiger partial charge on any atom is 0.166 e. The minimum Gasteiger partial charge on any atom is -0.394 e. The number of aliphatic hydroxyl groups excluding tert-OH is 4. The summed E-state index contributed by atoms with van der Waals surface area (Å²) in [6.07, 6.45) is -5.45. The molecular formula is C6H11N3O5. The van der Waals surface area contributed by atoms with Gasteiger partial charge in [-0.3, -0.25) is 0 Å². The summed E-state index contributed by atoms with van der Waals surface area (Å²) in [5.74, 6) is 0. The van der Waals surface area contributed by atoms with Crippen molar-refractivity contribution in [2.24, 2.45) is 5.11 Å². The van der Waals surface area contributed by atoms with Gasteiger partial charge in [0.2, 0.25) is 0 Å². The lowest BCUT2D eigenvalue weighted by molar-refractivity contribution is -0.248. The summed E-state index contributed by atoms with van der Waals surface area (Å²) >= 11 is 0. The van der Waals surface area contributed by atoms with Gasteiger partial charge in [0, 0.05) is 4.91 Å². The van der Waals surface area contributed by atoms with E-state index in [-0.39, 0.29) is 0 Å². The number of rotatable bonds is 2. The van der Waals surface area contributed by atoms with Crippen molar-refractivity contribution in [3.63, 3.8) is 0 Å². The first kappa shape index (κ1) is 11.2. The van der Waals surface area contributed by atoms with Crippen LogP contribution in [0.4, 0.5) is 0 Å². The fourth-order valence-corrected chi connectivity index (χ4v) is 1.27. The van der Waals surface area contributed by atoms with Crippen molar-refractivity contribution in [1.82, 2.24) is 0 Å². The van der Waals surface area contributed by atoms with Crippen molar-refractivity contribution in [2.45, 2.75) is 30.6 Å². The Bertz CT molecular complexity index is 244. The predicted molar refractivity (Wildman–Crippen MR) is 42.9 cm³/mol. The Hall–Kier alpha value is -0.890. The topological polar surface area (TPSA) is 139 Å². The molecule has 0 radical (unpaired) electrons. The van der Waals surface area contributed by atoms with E-state index < -0.39 is 37.3 Å². The average molecular weight is 205 g/mol. The molecule has 1 aliphatic heterocycles. The second-order valence-corrected chi connectivity index (χ2v) is 2.92. The van der Waals surface area contributed by atoms with Gasteiger partial charge >= 0.3 is 0 Å². The van der Waals surface area contributed by atoms with E-state index >= 15 is 0 Å².